The van der Waals surface area contributed by atoms with Gasteiger partial charge in [-0.25, -0.2) is 3.11 Å². The van der Waals surface area contributed by atoms with E-state index in [-0.39, 0.29) is 3.91 Å². The van der Waals surface area contributed by atoms with Crippen molar-refractivity contribution in [3.63, 3.8) is 0 Å². The van der Waals surface area contributed by atoms with Crippen LogP contribution in [0, 0.1) is 5.92 Å². The molecule has 4 nitrogen and oxygen atoms in total. The highest BCUT2D eigenvalue weighted by atomic mass is 127. The average molecular weight is 477 g/mol. The Bertz CT molecular complexity index is 274. The van der Waals surface area contributed by atoms with Crippen LogP contribution in [0.3, 0.4) is 0 Å². The lowest BCUT2D eigenvalue weighted by molar-refractivity contribution is 0.153. The second kappa shape index (κ2) is 7.58. The third kappa shape index (κ3) is 5.09. The standard InChI is InChI=1S/C12H21I2N3O/c13-12(18)15-11-3-5-16(6-4-11)9-10-1-7-17(14)8-2-10/h10-11H,1-9H2,(H,15,18). The summed E-state index contributed by atoms with van der Waals surface area (Å²) >= 11 is 4.26. The van der Waals surface area contributed by atoms with Crippen LogP contribution in [0.5, 0.6) is 0 Å². The molecule has 0 unspecified atom stereocenters. The molecule has 0 atom stereocenters. The van der Waals surface area contributed by atoms with Crippen molar-refractivity contribution in [3.8, 4) is 0 Å². The van der Waals surface area contributed by atoms with Crippen LogP contribution in [0.15, 0.2) is 0 Å². The number of hydrogen-bond acceptors (Lipinski definition) is 3. The SMILES string of the molecule is O=C(I)NC1CCN(CC2CCN(I)CC2)CC1. The Morgan fingerprint density at radius 1 is 1.11 bits per heavy atom. The maximum absolute atomic E-state index is 11.0. The smallest absolute Gasteiger partial charge is 0.280 e. The molecule has 2 aliphatic heterocycles. The Morgan fingerprint density at radius 2 is 1.72 bits per heavy atom. The second-order valence-corrected chi connectivity index (χ2v) is 7.69. The van der Waals surface area contributed by atoms with Crippen molar-refractivity contribution in [1.29, 1.82) is 0 Å². The van der Waals surface area contributed by atoms with E-state index in [2.05, 4.69) is 36.2 Å². The van der Waals surface area contributed by atoms with Gasteiger partial charge < -0.3 is 10.2 Å². The van der Waals surface area contributed by atoms with Crippen molar-refractivity contribution in [2.24, 2.45) is 5.92 Å². The summed E-state index contributed by atoms with van der Waals surface area (Å²) in [5.41, 5.74) is 0. The van der Waals surface area contributed by atoms with Gasteiger partial charge in [0.1, 0.15) is 0 Å². The molecule has 0 bridgehead atoms. The van der Waals surface area contributed by atoms with Crippen molar-refractivity contribution in [1.82, 2.24) is 13.3 Å². The number of nitrogens with one attached hydrogen (secondary N) is 1. The van der Waals surface area contributed by atoms with E-state index >= 15 is 0 Å². The number of amides is 1. The number of hydrogen-bond donors (Lipinski definition) is 1. The van der Waals surface area contributed by atoms with Gasteiger partial charge in [0.2, 0.25) is 0 Å². The Morgan fingerprint density at radius 3 is 2.28 bits per heavy atom. The van der Waals surface area contributed by atoms with Gasteiger partial charge in [-0.15, -0.1) is 0 Å². The summed E-state index contributed by atoms with van der Waals surface area (Å²) in [5, 5.41) is 3.03. The van der Waals surface area contributed by atoms with E-state index in [4.69, 9.17) is 0 Å². The van der Waals surface area contributed by atoms with Crippen molar-refractivity contribution < 1.29 is 4.79 Å². The lowest BCUT2D eigenvalue weighted by atomic mass is 9.96. The molecule has 1 N–H and O–H groups in total. The summed E-state index contributed by atoms with van der Waals surface area (Å²) in [6, 6.07) is 0.404. The number of nitrogens with zero attached hydrogens (tertiary/aromatic N) is 2. The first-order valence-electron chi connectivity index (χ1n) is 6.72. The first kappa shape index (κ1) is 15.2. The van der Waals surface area contributed by atoms with Crippen LogP contribution < -0.4 is 5.32 Å². The van der Waals surface area contributed by atoms with E-state index in [9.17, 15) is 4.79 Å². The van der Waals surface area contributed by atoms with Gasteiger partial charge in [0.05, 0.1) is 0 Å². The van der Waals surface area contributed by atoms with Crippen molar-refractivity contribution in [2.75, 3.05) is 32.7 Å². The summed E-state index contributed by atoms with van der Waals surface area (Å²) in [6.45, 7) is 6.03. The molecular formula is C12H21I2N3O. The van der Waals surface area contributed by atoms with Crippen LogP contribution in [0.25, 0.3) is 0 Å². The normalized spacial score (nSPS) is 25.2. The second-order valence-electron chi connectivity index (χ2n) is 5.35. The summed E-state index contributed by atoms with van der Waals surface area (Å²) in [5.74, 6) is 0.881. The Balaban J connectivity index is 1.65. The van der Waals surface area contributed by atoms with E-state index in [1.54, 1.807) is 0 Å². The van der Waals surface area contributed by atoms with Gasteiger partial charge in [-0.05, 0) is 31.6 Å². The fourth-order valence-corrected chi connectivity index (χ4v) is 3.87. The summed E-state index contributed by atoms with van der Waals surface area (Å²) in [4.78, 5) is 13.6. The maximum atomic E-state index is 11.0. The number of carbonyl (C=O) groups is 1. The molecule has 0 aromatic heterocycles. The maximum Gasteiger partial charge on any atom is 0.280 e. The van der Waals surface area contributed by atoms with Gasteiger partial charge in [-0.1, -0.05) is 0 Å². The molecule has 0 aromatic rings. The average Bonchev–Trinajstić information content (AvgIpc) is 2.34. The van der Waals surface area contributed by atoms with E-state index in [1.165, 1.54) is 32.5 Å². The molecule has 2 aliphatic rings. The lowest BCUT2D eigenvalue weighted by Crippen LogP contribution is -2.45. The van der Waals surface area contributed by atoms with Crippen LogP contribution in [-0.2, 0) is 0 Å². The minimum Gasteiger partial charge on any atom is -0.345 e. The highest BCUT2D eigenvalue weighted by molar-refractivity contribution is 14.1. The third-order valence-corrected chi connectivity index (χ3v) is 5.26. The number of likely N-dealkylation sites (tertiary alicyclic amines) is 1. The summed E-state index contributed by atoms with van der Waals surface area (Å²) < 4.78 is 2.48. The zero-order valence-electron chi connectivity index (χ0n) is 10.6. The van der Waals surface area contributed by atoms with Gasteiger partial charge >= 0.3 is 0 Å². The molecule has 2 heterocycles. The molecule has 0 radical (unpaired) electrons. The molecular weight excluding hydrogens is 456 g/mol. The molecule has 2 saturated heterocycles. The minimum absolute atomic E-state index is 0.0838. The zero-order valence-corrected chi connectivity index (χ0v) is 14.9. The van der Waals surface area contributed by atoms with E-state index in [1.807, 2.05) is 22.6 Å². The van der Waals surface area contributed by atoms with E-state index < -0.39 is 0 Å². The fraction of sp³-hybridized carbons (Fsp3) is 0.917. The van der Waals surface area contributed by atoms with Gasteiger partial charge in [0, 0.05) is 84.2 Å². The highest BCUT2D eigenvalue weighted by Gasteiger charge is 2.24. The first-order chi connectivity index (χ1) is 8.63. The Kier molecular flexibility index (Phi) is 6.42. The van der Waals surface area contributed by atoms with Crippen LogP contribution in [0.1, 0.15) is 25.7 Å². The molecule has 2 fully saturated rings. The number of piperidine rings is 2. The van der Waals surface area contributed by atoms with Crippen molar-refractivity contribution >= 4 is 49.4 Å². The molecule has 0 saturated carbocycles. The largest absolute Gasteiger partial charge is 0.345 e. The molecule has 0 aliphatic carbocycles. The topological polar surface area (TPSA) is 35.6 Å². The number of rotatable bonds is 3. The van der Waals surface area contributed by atoms with Gasteiger partial charge in [-0.3, -0.25) is 4.79 Å². The van der Waals surface area contributed by atoms with E-state index in [0.717, 1.165) is 31.8 Å². The molecule has 2 rings (SSSR count). The summed E-state index contributed by atoms with van der Waals surface area (Å²) in [6.07, 6.45) is 4.90. The van der Waals surface area contributed by atoms with Crippen molar-refractivity contribution in [2.45, 2.75) is 31.7 Å². The molecule has 6 heteroatoms. The molecule has 0 spiro atoms. The van der Waals surface area contributed by atoms with Crippen LogP contribution in [0.2, 0.25) is 0 Å². The fourth-order valence-electron chi connectivity index (χ4n) is 2.87. The van der Waals surface area contributed by atoms with Crippen LogP contribution in [0.4, 0.5) is 4.79 Å². The molecule has 104 valence electrons. The lowest BCUT2D eigenvalue weighted by Gasteiger charge is -2.36. The number of carbonyl (C=O) groups excluding carboxylic acids is 1. The highest BCUT2D eigenvalue weighted by Crippen LogP contribution is 2.22. The zero-order chi connectivity index (χ0) is 13.0. The predicted octanol–water partition coefficient (Wildman–Crippen LogP) is 2.66. The third-order valence-electron chi connectivity index (χ3n) is 3.98. The van der Waals surface area contributed by atoms with Crippen LogP contribution >= 0.6 is 45.5 Å². The van der Waals surface area contributed by atoms with Gasteiger partial charge in [-0.2, -0.15) is 0 Å². The monoisotopic (exact) mass is 477 g/mol. The van der Waals surface area contributed by atoms with Crippen LogP contribution in [-0.4, -0.2) is 50.7 Å². The number of halogens is 2. The van der Waals surface area contributed by atoms with E-state index in [0.29, 0.717) is 6.04 Å². The first-order valence-corrected chi connectivity index (χ1v) is 8.77. The molecule has 0 aromatic carbocycles. The Labute approximate surface area is 137 Å². The Hall–Kier alpha value is 0.850. The van der Waals surface area contributed by atoms with Gasteiger partial charge in [0.15, 0.2) is 0 Å². The molecule has 18 heavy (non-hydrogen) atoms. The van der Waals surface area contributed by atoms with Crippen molar-refractivity contribution in [3.05, 3.63) is 0 Å². The quantitative estimate of drug-likeness (QED) is 0.294. The summed E-state index contributed by atoms with van der Waals surface area (Å²) in [7, 11) is 0. The van der Waals surface area contributed by atoms with Gasteiger partial charge in [0.25, 0.3) is 3.91 Å². The molecule has 1 amide bonds. The predicted molar refractivity (Wildman–Crippen MR) is 90.3 cm³/mol. The minimum atomic E-state index is 0.0838.